The molecule has 0 N–H and O–H groups in total. The molecule has 0 radical (unpaired) electrons. The van der Waals surface area contributed by atoms with E-state index in [9.17, 15) is 14.4 Å². The molecule has 0 bridgehead atoms. The number of oxazole rings is 1. The van der Waals surface area contributed by atoms with Crippen LogP contribution in [-0.2, 0) is 18.4 Å². The number of carbonyl (C=O) groups excluding carboxylic acids is 1. The third kappa shape index (κ3) is 2.38. The minimum Gasteiger partial charge on any atom is -0.423 e. The molecule has 0 saturated heterocycles. The first-order valence-electron chi connectivity index (χ1n) is 7.73. The Morgan fingerprint density at radius 3 is 2.58 bits per heavy atom. The van der Waals surface area contributed by atoms with E-state index < -0.39 is 11.2 Å². The summed E-state index contributed by atoms with van der Waals surface area (Å²) < 4.78 is 9.33. The number of Topliss-reactive ketones (excluding diaryl/α,β-unsaturated/α-hetero) is 1. The molecule has 4 aromatic rings. The highest BCUT2D eigenvalue weighted by molar-refractivity contribution is 6.30. The zero-order valence-corrected chi connectivity index (χ0v) is 14.6. The van der Waals surface area contributed by atoms with Crippen LogP contribution in [0.3, 0.4) is 0 Å². The number of aryl methyl sites for hydroxylation is 1. The van der Waals surface area contributed by atoms with E-state index in [-0.39, 0.29) is 29.3 Å². The maximum atomic E-state index is 12.8. The van der Waals surface area contributed by atoms with E-state index in [1.807, 2.05) is 0 Å². The highest BCUT2D eigenvalue weighted by atomic mass is 35.5. The fourth-order valence-electron chi connectivity index (χ4n) is 2.86. The number of fused-ring (bicyclic) bond motifs is 3. The number of rotatable bonds is 3. The Morgan fingerprint density at radius 2 is 1.92 bits per heavy atom. The Labute approximate surface area is 150 Å². The molecule has 3 aromatic heterocycles. The average molecular weight is 373 g/mol. The van der Waals surface area contributed by atoms with E-state index in [0.29, 0.717) is 10.8 Å². The standard InChI is InChI=1S/C17H13ClN4O4/c1-9(23)7-22-15(24)13-14(20(2)17(22)25)19-16-21(13)8-12(26-16)10-3-5-11(18)6-4-10/h3-6,8H,7H2,1-2H3. The minimum atomic E-state index is -0.601. The first-order chi connectivity index (χ1) is 12.4. The molecule has 0 atom stereocenters. The lowest BCUT2D eigenvalue weighted by molar-refractivity contribution is -0.117. The number of nitrogens with zero attached hydrogens (tertiary/aromatic N) is 4. The molecule has 8 nitrogen and oxygen atoms in total. The largest absolute Gasteiger partial charge is 0.423 e. The van der Waals surface area contributed by atoms with Crippen LogP contribution < -0.4 is 11.2 Å². The van der Waals surface area contributed by atoms with Crippen LogP contribution in [0.5, 0.6) is 0 Å². The van der Waals surface area contributed by atoms with Crippen LogP contribution in [0.15, 0.2) is 44.5 Å². The summed E-state index contributed by atoms with van der Waals surface area (Å²) in [4.78, 5) is 40.8. The fourth-order valence-corrected chi connectivity index (χ4v) is 2.99. The van der Waals surface area contributed by atoms with Crippen LogP contribution in [0.1, 0.15) is 6.92 Å². The minimum absolute atomic E-state index is 0.173. The first-order valence-corrected chi connectivity index (χ1v) is 8.11. The van der Waals surface area contributed by atoms with Gasteiger partial charge in [0.15, 0.2) is 16.9 Å². The van der Waals surface area contributed by atoms with Gasteiger partial charge in [-0.2, -0.15) is 4.98 Å². The molecule has 0 spiro atoms. The zero-order valence-electron chi connectivity index (χ0n) is 13.9. The second kappa shape index (κ2) is 5.70. The van der Waals surface area contributed by atoms with Crippen molar-refractivity contribution in [1.82, 2.24) is 18.5 Å². The molecule has 0 fully saturated rings. The van der Waals surface area contributed by atoms with E-state index in [0.717, 1.165) is 10.1 Å². The van der Waals surface area contributed by atoms with Gasteiger partial charge in [-0.3, -0.25) is 23.1 Å². The van der Waals surface area contributed by atoms with Gasteiger partial charge in [-0.1, -0.05) is 11.6 Å². The summed E-state index contributed by atoms with van der Waals surface area (Å²) in [5.41, 5.74) is -0.0545. The SMILES string of the molecule is CC(=O)Cn1c(=O)c2c(nc3oc(-c4ccc(Cl)cc4)cn32)n(C)c1=O. The summed E-state index contributed by atoms with van der Waals surface area (Å²) in [6.07, 6.45) is 1.62. The molecule has 26 heavy (non-hydrogen) atoms. The molecule has 3 heterocycles. The van der Waals surface area contributed by atoms with E-state index in [2.05, 4.69) is 4.98 Å². The number of hydrogen-bond acceptors (Lipinski definition) is 5. The van der Waals surface area contributed by atoms with Crippen molar-refractivity contribution in [2.75, 3.05) is 0 Å². The number of imidazole rings is 1. The molecule has 1 aromatic carbocycles. The van der Waals surface area contributed by atoms with E-state index in [1.165, 1.54) is 22.9 Å². The fraction of sp³-hybridized carbons (Fsp3) is 0.176. The number of halogens is 1. The maximum Gasteiger partial charge on any atom is 0.332 e. The number of carbonyl (C=O) groups is 1. The van der Waals surface area contributed by atoms with Crippen molar-refractivity contribution in [2.24, 2.45) is 7.05 Å². The van der Waals surface area contributed by atoms with Gasteiger partial charge in [0.05, 0.1) is 12.7 Å². The van der Waals surface area contributed by atoms with Gasteiger partial charge in [0.2, 0.25) is 0 Å². The number of benzene rings is 1. The molecule has 0 unspecified atom stereocenters. The van der Waals surface area contributed by atoms with E-state index in [1.54, 1.807) is 30.5 Å². The highest BCUT2D eigenvalue weighted by Crippen LogP contribution is 2.25. The molecule has 0 aliphatic rings. The van der Waals surface area contributed by atoms with E-state index >= 15 is 0 Å². The van der Waals surface area contributed by atoms with Gasteiger partial charge in [0, 0.05) is 17.6 Å². The summed E-state index contributed by atoms with van der Waals surface area (Å²) >= 11 is 5.89. The van der Waals surface area contributed by atoms with Crippen molar-refractivity contribution >= 4 is 34.4 Å². The van der Waals surface area contributed by atoms with Crippen LogP contribution in [0.4, 0.5) is 0 Å². The lowest BCUT2D eigenvalue weighted by Gasteiger charge is -2.05. The summed E-state index contributed by atoms with van der Waals surface area (Å²) in [5.74, 6) is 0.383. The van der Waals surface area contributed by atoms with Gasteiger partial charge in [-0.15, -0.1) is 0 Å². The monoisotopic (exact) mass is 372 g/mol. The Kier molecular flexibility index (Phi) is 3.58. The molecule has 9 heteroatoms. The topological polar surface area (TPSA) is 91.5 Å². The van der Waals surface area contributed by atoms with Gasteiger partial charge in [0.1, 0.15) is 5.78 Å². The second-order valence-electron chi connectivity index (χ2n) is 5.97. The quantitative estimate of drug-likeness (QED) is 0.547. The maximum absolute atomic E-state index is 12.8. The summed E-state index contributed by atoms with van der Waals surface area (Å²) in [6.45, 7) is 1.02. The zero-order chi connectivity index (χ0) is 18.6. The van der Waals surface area contributed by atoms with Gasteiger partial charge in [-0.05, 0) is 31.2 Å². The van der Waals surface area contributed by atoms with Gasteiger partial charge in [-0.25, -0.2) is 4.79 Å². The summed E-state index contributed by atoms with van der Waals surface area (Å²) in [6, 6.07) is 7.02. The highest BCUT2D eigenvalue weighted by Gasteiger charge is 2.20. The van der Waals surface area contributed by atoms with Crippen molar-refractivity contribution in [1.29, 1.82) is 0 Å². The predicted molar refractivity (Wildman–Crippen MR) is 95.6 cm³/mol. The number of aromatic nitrogens is 4. The van der Waals surface area contributed by atoms with Crippen molar-refractivity contribution in [2.45, 2.75) is 13.5 Å². The Balaban J connectivity index is 2.02. The second-order valence-corrected chi connectivity index (χ2v) is 6.41. The van der Waals surface area contributed by atoms with Crippen LogP contribution in [0, 0.1) is 0 Å². The molecular weight excluding hydrogens is 360 g/mol. The lowest BCUT2D eigenvalue weighted by Crippen LogP contribution is -2.40. The Hall–Kier alpha value is -3.13. The van der Waals surface area contributed by atoms with Crippen LogP contribution >= 0.6 is 11.6 Å². The molecule has 0 saturated carbocycles. The van der Waals surface area contributed by atoms with Crippen molar-refractivity contribution in [3.8, 4) is 11.3 Å². The van der Waals surface area contributed by atoms with Crippen molar-refractivity contribution in [3.63, 3.8) is 0 Å². The smallest absolute Gasteiger partial charge is 0.332 e. The Morgan fingerprint density at radius 1 is 1.23 bits per heavy atom. The summed E-state index contributed by atoms with van der Waals surface area (Å²) in [7, 11) is 1.49. The Bertz CT molecular complexity index is 1290. The van der Waals surface area contributed by atoms with E-state index in [4.69, 9.17) is 16.0 Å². The van der Waals surface area contributed by atoms with Crippen LogP contribution in [0.2, 0.25) is 5.02 Å². The molecule has 0 amide bonds. The van der Waals surface area contributed by atoms with Gasteiger partial charge < -0.3 is 4.42 Å². The third-order valence-corrected chi connectivity index (χ3v) is 4.35. The molecular formula is C17H13ClN4O4. The van der Waals surface area contributed by atoms with Gasteiger partial charge >= 0.3 is 11.5 Å². The third-order valence-electron chi connectivity index (χ3n) is 4.10. The average Bonchev–Trinajstić information content (AvgIpc) is 3.15. The number of hydrogen-bond donors (Lipinski definition) is 0. The number of ketones is 1. The normalized spacial score (nSPS) is 11.5. The first kappa shape index (κ1) is 16.3. The summed E-state index contributed by atoms with van der Waals surface area (Å²) in [5, 5.41) is 0.595. The molecule has 4 rings (SSSR count). The molecule has 0 aliphatic heterocycles. The molecule has 132 valence electrons. The lowest BCUT2D eigenvalue weighted by atomic mass is 10.2. The van der Waals surface area contributed by atoms with Crippen molar-refractivity contribution in [3.05, 3.63) is 56.3 Å². The predicted octanol–water partition coefficient (Wildman–Crippen LogP) is 1.85. The van der Waals surface area contributed by atoms with Crippen LogP contribution in [0.25, 0.3) is 28.3 Å². The van der Waals surface area contributed by atoms with Gasteiger partial charge in [0.25, 0.3) is 5.56 Å². The van der Waals surface area contributed by atoms with Crippen molar-refractivity contribution < 1.29 is 9.21 Å². The van der Waals surface area contributed by atoms with Crippen LogP contribution in [-0.4, -0.2) is 24.3 Å². The molecule has 0 aliphatic carbocycles.